The molecule has 0 bridgehead atoms. The smallest absolute Gasteiger partial charge is 0.255 e. The molecular weight excluding hydrogens is 316 g/mol. The van der Waals surface area contributed by atoms with Crippen molar-refractivity contribution in [3.05, 3.63) is 65.2 Å². The Bertz CT molecular complexity index is 775. The Hall–Kier alpha value is -3.17. The van der Waals surface area contributed by atoms with Gasteiger partial charge in [-0.1, -0.05) is 0 Å². The molecule has 0 heterocycles. The van der Waals surface area contributed by atoms with Gasteiger partial charge in [-0.2, -0.15) is 5.26 Å². The molecular formula is C19H20N4O2. The van der Waals surface area contributed by atoms with Crippen LogP contribution in [0.25, 0.3) is 0 Å². The number of carbonyl (C=O) groups is 2. The summed E-state index contributed by atoms with van der Waals surface area (Å²) < 4.78 is 0. The standard InChI is InChI=1S/C19H20N4O2/c1-23(2)12-11-21-18(24)15-5-7-16(8-6-15)19(25)22-17-9-3-14(13-20)4-10-17/h3-10H,11-12H2,1-2H3,(H,21,24)(H,22,25). The zero-order valence-electron chi connectivity index (χ0n) is 14.2. The Morgan fingerprint density at radius 1 is 0.960 bits per heavy atom. The van der Waals surface area contributed by atoms with Crippen LogP contribution in [0.4, 0.5) is 5.69 Å². The van der Waals surface area contributed by atoms with E-state index < -0.39 is 0 Å². The monoisotopic (exact) mass is 336 g/mol. The largest absolute Gasteiger partial charge is 0.351 e. The van der Waals surface area contributed by atoms with Gasteiger partial charge in [0, 0.05) is 29.9 Å². The van der Waals surface area contributed by atoms with Crippen LogP contribution in [0.5, 0.6) is 0 Å². The predicted octanol–water partition coefficient (Wildman–Crippen LogP) is 2.10. The fourth-order valence-electron chi connectivity index (χ4n) is 2.10. The molecule has 2 aromatic carbocycles. The van der Waals surface area contributed by atoms with Crippen LogP contribution in [0.2, 0.25) is 0 Å². The van der Waals surface area contributed by atoms with Crippen LogP contribution in [-0.2, 0) is 0 Å². The van der Waals surface area contributed by atoms with Crippen molar-refractivity contribution in [1.82, 2.24) is 10.2 Å². The highest BCUT2D eigenvalue weighted by atomic mass is 16.2. The zero-order valence-corrected chi connectivity index (χ0v) is 14.2. The third kappa shape index (κ3) is 5.44. The average molecular weight is 336 g/mol. The number of nitrogens with zero attached hydrogens (tertiary/aromatic N) is 2. The highest BCUT2D eigenvalue weighted by Crippen LogP contribution is 2.12. The first-order valence-electron chi connectivity index (χ1n) is 7.84. The second-order valence-electron chi connectivity index (χ2n) is 5.78. The molecule has 25 heavy (non-hydrogen) atoms. The Kier molecular flexibility index (Phi) is 6.26. The number of likely N-dealkylation sites (N-methyl/N-ethyl adjacent to an activating group) is 1. The van der Waals surface area contributed by atoms with Gasteiger partial charge in [-0.3, -0.25) is 9.59 Å². The molecule has 0 aliphatic heterocycles. The highest BCUT2D eigenvalue weighted by Gasteiger charge is 2.09. The van der Waals surface area contributed by atoms with E-state index in [4.69, 9.17) is 5.26 Å². The van der Waals surface area contributed by atoms with E-state index in [1.54, 1.807) is 48.5 Å². The first kappa shape index (κ1) is 18.2. The lowest BCUT2D eigenvalue weighted by molar-refractivity contribution is 0.0949. The maximum absolute atomic E-state index is 12.2. The molecule has 0 saturated carbocycles. The van der Waals surface area contributed by atoms with Crippen molar-refractivity contribution in [2.75, 3.05) is 32.5 Å². The van der Waals surface area contributed by atoms with Crippen LogP contribution >= 0.6 is 0 Å². The van der Waals surface area contributed by atoms with E-state index in [0.717, 1.165) is 6.54 Å². The summed E-state index contributed by atoms with van der Waals surface area (Å²) in [5, 5.41) is 14.3. The third-order valence-corrected chi connectivity index (χ3v) is 3.53. The van der Waals surface area contributed by atoms with Crippen LogP contribution in [0.1, 0.15) is 26.3 Å². The van der Waals surface area contributed by atoms with Crippen molar-refractivity contribution in [3.8, 4) is 6.07 Å². The van der Waals surface area contributed by atoms with Crippen molar-refractivity contribution in [2.24, 2.45) is 0 Å². The number of carbonyl (C=O) groups excluding carboxylic acids is 2. The predicted molar refractivity (Wildman–Crippen MR) is 96.4 cm³/mol. The van der Waals surface area contributed by atoms with Crippen molar-refractivity contribution in [3.63, 3.8) is 0 Å². The minimum absolute atomic E-state index is 0.166. The van der Waals surface area contributed by atoms with Crippen molar-refractivity contribution in [1.29, 1.82) is 5.26 Å². The number of benzene rings is 2. The Balaban J connectivity index is 1.95. The van der Waals surface area contributed by atoms with Gasteiger partial charge in [0.05, 0.1) is 11.6 Å². The first-order valence-corrected chi connectivity index (χ1v) is 7.84. The number of hydrogen-bond donors (Lipinski definition) is 2. The molecule has 6 nitrogen and oxygen atoms in total. The fraction of sp³-hybridized carbons (Fsp3) is 0.211. The highest BCUT2D eigenvalue weighted by molar-refractivity contribution is 6.05. The van der Waals surface area contributed by atoms with Crippen molar-refractivity contribution >= 4 is 17.5 Å². The fourth-order valence-corrected chi connectivity index (χ4v) is 2.10. The van der Waals surface area contributed by atoms with E-state index in [-0.39, 0.29) is 11.8 Å². The lowest BCUT2D eigenvalue weighted by Crippen LogP contribution is -2.31. The molecule has 0 fully saturated rings. The van der Waals surface area contributed by atoms with E-state index >= 15 is 0 Å². The Morgan fingerprint density at radius 3 is 2.04 bits per heavy atom. The molecule has 0 aromatic heterocycles. The van der Waals surface area contributed by atoms with Gasteiger partial charge in [-0.15, -0.1) is 0 Å². The molecule has 0 aliphatic rings. The minimum atomic E-state index is -0.274. The van der Waals surface area contributed by atoms with E-state index in [0.29, 0.717) is 28.9 Å². The Morgan fingerprint density at radius 2 is 1.52 bits per heavy atom. The maximum atomic E-state index is 12.2. The molecule has 0 radical (unpaired) electrons. The molecule has 2 N–H and O–H groups in total. The topological polar surface area (TPSA) is 85.2 Å². The van der Waals surface area contributed by atoms with Crippen molar-refractivity contribution in [2.45, 2.75) is 0 Å². The van der Waals surface area contributed by atoms with Gasteiger partial charge < -0.3 is 15.5 Å². The van der Waals surface area contributed by atoms with Crippen LogP contribution in [0.3, 0.4) is 0 Å². The number of nitrogens with one attached hydrogen (secondary N) is 2. The van der Waals surface area contributed by atoms with Crippen LogP contribution in [-0.4, -0.2) is 43.9 Å². The summed E-state index contributed by atoms with van der Waals surface area (Å²) in [5.41, 5.74) is 2.10. The molecule has 0 unspecified atom stereocenters. The summed E-state index contributed by atoms with van der Waals surface area (Å²) in [5.74, 6) is -0.440. The second-order valence-corrected chi connectivity index (χ2v) is 5.78. The molecule has 2 rings (SSSR count). The van der Waals surface area contributed by atoms with Crippen LogP contribution in [0, 0.1) is 11.3 Å². The quantitative estimate of drug-likeness (QED) is 0.846. The molecule has 0 spiro atoms. The number of rotatable bonds is 6. The summed E-state index contributed by atoms with van der Waals surface area (Å²) in [6, 6.07) is 15.1. The first-order chi connectivity index (χ1) is 12.0. The van der Waals surface area contributed by atoms with E-state index in [1.165, 1.54) is 0 Å². The van der Waals surface area contributed by atoms with Crippen molar-refractivity contribution < 1.29 is 9.59 Å². The van der Waals surface area contributed by atoms with E-state index in [9.17, 15) is 9.59 Å². The van der Waals surface area contributed by atoms with Gasteiger partial charge in [-0.05, 0) is 62.6 Å². The van der Waals surface area contributed by atoms with E-state index in [2.05, 4.69) is 10.6 Å². The van der Waals surface area contributed by atoms with Gasteiger partial charge in [0.25, 0.3) is 11.8 Å². The second kappa shape index (κ2) is 8.62. The van der Waals surface area contributed by atoms with Gasteiger partial charge in [0.15, 0.2) is 0 Å². The SMILES string of the molecule is CN(C)CCNC(=O)c1ccc(C(=O)Nc2ccc(C#N)cc2)cc1. The Labute approximate surface area is 147 Å². The van der Waals surface area contributed by atoms with Crippen LogP contribution in [0.15, 0.2) is 48.5 Å². The summed E-state index contributed by atoms with van der Waals surface area (Å²) in [7, 11) is 3.88. The van der Waals surface area contributed by atoms with Gasteiger partial charge >= 0.3 is 0 Å². The number of anilines is 1. The number of amides is 2. The molecule has 0 aliphatic carbocycles. The normalized spacial score (nSPS) is 10.2. The zero-order chi connectivity index (χ0) is 18.2. The molecule has 128 valence electrons. The molecule has 2 aromatic rings. The molecule has 0 atom stereocenters. The van der Waals surface area contributed by atoms with E-state index in [1.807, 2.05) is 25.1 Å². The summed E-state index contributed by atoms with van der Waals surface area (Å²) >= 11 is 0. The maximum Gasteiger partial charge on any atom is 0.255 e. The number of hydrogen-bond acceptors (Lipinski definition) is 4. The van der Waals surface area contributed by atoms with Gasteiger partial charge in [0.2, 0.25) is 0 Å². The van der Waals surface area contributed by atoms with Crippen LogP contribution < -0.4 is 10.6 Å². The van der Waals surface area contributed by atoms with Gasteiger partial charge in [-0.25, -0.2) is 0 Å². The minimum Gasteiger partial charge on any atom is -0.351 e. The molecule has 2 amide bonds. The summed E-state index contributed by atoms with van der Waals surface area (Å²) in [6.07, 6.45) is 0. The third-order valence-electron chi connectivity index (χ3n) is 3.53. The van der Waals surface area contributed by atoms with Gasteiger partial charge in [0.1, 0.15) is 0 Å². The molecule has 0 saturated heterocycles. The lowest BCUT2D eigenvalue weighted by Gasteiger charge is -2.10. The lowest BCUT2D eigenvalue weighted by atomic mass is 10.1. The summed E-state index contributed by atoms with van der Waals surface area (Å²) in [4.78, 5) is 26.2. The average Bonchev–Trinajstić information content (AvgIpc) is 2.62. The number of nitriles is 1. The molecule has 6 heteroatoms. The summed E-state index contributed by atoms with van der Waals surface area (Å²) in [6.45, 7) is 1.32.